The zero-order chi connectivity index (χ0) is 16.4. The third-order valence-corrected chi connectivity index (χ3v) is 4.30. The number of rotatable bonds is 3. The molecule has 2 aromatic heterocycles. The SMILES string of the molecule is CCC(=O)N1CCCC(c2nc(C)ncc2-c2cc(C)no2)C1. The van der Waals surface area contributed by atoms with E-state index < -0.39 is 0 Å². The second-order valence-corrected chi connectivity index (χ2v) is 6.08. The molecule has 3 rings (SSSR count). The molecule has 1 atom stereocenters. The Hall–Kier alpha value is -2.24. The highest BCUT2D eigenvalue weighted by atomic mass is 16.5. The number of aryl methyl sites for hydroxylation is 2. The first-order chi connectivity index (χ1) is 11.1. The molecule has 6 nitrogen and oxygen atoms in total. The summed E-state index contributed by atoms with van der Waals surface area (Å²) < 4.78 is 5.41. The Balaban J connectivity index is 1.95. The van der Waals surface area contributed by atoms with Crippen LogP contribution in [0, 0.1) is 13.8 Å². The van der Waals surface area contributed by atoms with Crippen LogP contribution in [0.3, 0.4) is 0 Å². The second kappa shape index (κ2) is 6.48. The van der Waals surface area contributed by atoms with E-state index in [0.717, 1.165) is 42.2 Å². The number of likely N-dealkylation sites (tertiary alicyclic amines) is 1. The molecule has 0 bridgehead atoms. The molecule has 2 aromatic rings. The van der Waals surface area contributed by atoms with Gasteiger partial charge in [0.25, 0.3) is 0 Å². The van der Waals surface area contributed by atoms with Crippen molar-refractivity contribution in [3.8, 4) is 11.3 Å². The maximum absolute atomic E-state index is 12.0. The summed E-state index contributed by atoms with van der Waals surface area (Å²) in [6, 6.07) is 1.90. The molecule has 0 saturated carbocycles. The number of hydrogen-bond acceptors (Lipinski definition) is 5. The predicted octanol–water partition coefficient (Wildman–Crippen LogP) is 2.86. The molecule has 0 spiro atoms. The third kappa shape index (κ3) is 3.25. The van der Waals surface area contributed by atoms with Crippen LogP contribution in [0.15, 0.2) is 16.8 Å². The fourth-order valence-electron chi connectivity index (χ4n) is 3.13. The van der Waals surface area contributed by atoms with Gasteiger partial charge in [-0.05, 0) is 26.7 Å². The minimum absolute atomic E-state index is 0.206. The predicted molar refractivity (Wildman–Crippen MR) is 85.8 cm³/mol. The Bertz CT molecular complexity index is 710. The quantitative estimate of drug-likeness (QED) is 0.871. The van der Waals surface area contributed by atoms with Gasteiger partial charge < -0.3 is 9.42 Å². The molecule has 6 heteroatoms. The Morgan fingerprint density at radius 1 is 1.43 bits per heavy atom. The van der Waals surface area contributed by atoms with Crippen LogP contribution in [-0.4, -0.2) is 39.0 Å². The number of aromatic nitrogens is 3. The highest BCUT2D eigenvalue weighted by Gasteiger charge is 2.28. The summed E-state index contributed by atoms with van der Waals surface area (Å²) in [5, 5.41) is 3.96. The van der Waals surface area contributed by atoms with Crippen LogP contribution in [-0.2, 0) is 4.79 Å². The molecular weight excluding hydrogens is 292 g/mol. The number of piperidine rings is 1. The van der Waals surface area contributed by atoms with Crippen molar-refractivity contribution in [1.82, 2.24) is 20.0 Å². The van der Waals surface area contributed by atoms with Crippen molar-refractivity contribution in [3.05, 3.63) is 29.5 Å². The van der Waals surface area contributed by atoms with Gasteiger partial charge in [0.2, 0.25) is 5.91 Å². The summed E-state index contributed by atoms with van der Waals surface area (Å²) >= 11 is 0. The van der Waals surface area contributed by atoms with E-state index in [1.807, 2.05) is 31.7 Å². The van der Waals surface area contributed by atoms with Gasteiger partial charge in [0.1, 0.15) is 5.82 Å². The van der Waals surface area contributed by atoms with Gasteiger partial charge >= 0.3 is 0 Å². The molecule has 0 aliphatic carbocycles. The van der Waals surface area contributed by atoms with E-state index in [1.54, 1.807) is 6.20 Å². The van der Waals surface area contributed by atoms with Crippen molar-refractivity contribution in [2.75, 3.05) is 13.1 Å². The molecule has 0 radical (unpaired) electrons. The van der Waals surface area contributed by atoms with Gasteiger partial charge in [0, 0.05) is 37.7 Å². The summed E-state index contributed by atoms with van der Waals surface area (Å²) in [4.78, 5) is 23.0. The lowest BCUT2D eigenvalue weighted by Gasteiger charge is -2.33. The van der Waals surface area contributed by atoms with Crippen LogP contribution in [0.1, 0.15) is 49.3 Å². The van der Waals surface area contributed by atoms with Crippen molar-refractivity contribution in [2.45, 2.75) is 46.0 Å². The van der Waals surface area contributed by atoms with Crippen molar-refractivity contribution in [2.24, 2.45) is 0 Å². The molecule has 1 amide bonds. The lowest BCUT2D eigenvalue weighted by atomic mass is 9.91. The topological polar surface area (TPSA) is 72.1 Å². The lowest BCUT2D eigenvalue weighted by Crippen LogP contribution is -2.39. The number of carbonyl (C=O) groups excluding carboxylic acids is 1. The fourth-order valence-corrected chi connectivity index (χ4v) is 3.13. The lowest BCUT2D eigenvalue weighted by molar-refractivity contribution is -0.132. The number of amides is 1. The van der Waals surface area contributed by atoms with Gasteiger partial charge in [-0.2, -0.15) is 0 Å². The Morgan fingerprint density at radius 2 is 2.26 bits per heavy atom. The first-order valence-corrected chi connectivity index (χ1v) is 8.13. The first-order valence-electron chi connectivity index (χ1n) is 8.13. The maximum Gasteiger partial charge on any atom is 0.222 e. The van der Waals surface area contributed by atoms with E-state index in [2.05, 4.69) is 15.1 Å². The zero-order valence-electron chi connectivity index (χ0n) is 13.9. The van der Waals surface area contributed by atoms with Gasteiger partial charge in [-0.1, -0.05) is 12.1 Å². The molecular formula is C17H22N4O2. The summed E-state index contributed by atoms with van der Waals surface area (Å²) in [6.07, 6.45) is 4.36. The minimum atomic E-state index is 0.206. The van der Waals surface area contributed by atoms with Crippen LogP contribution in [0.5, 0.6) is 0 Å². The van der Waals surface area contributed by atoms with Crippen LogP contribution in [0.2, 0.25) is 0 Å². The molecule has 1 aliphatic heterocycles. The van der Waals surface area contributed by atoms with Gasteiger partial charge in [0.15, 0.2) is 5.76 Å². The van der Waals surface area contributed by atoms with Crippen molar-refractivity contribution >= 4 is 5.91 Å². The van der Waals surface area contributed by atoms with Crippen LogP contribution in [0.4, 0.5) is 0 Å². The smallest absolute Gasteiger partial charge is 0.222 e. The van der Waals surface area contributed by atoms with E-state index in [4.69, 9.17) is 4.52 Å². The van der Waals surface area contributed by atoms with E-state index in [0.29, 0.717) is 18.7 Å². The summed E-state index contributed by atoms with van der Waals surface area (Å²) in [5.74, 6) is 1.84. The highest BCUT2D eigenvalue weighted by Crippen LogP contribution is 2.33. The molecule has 0 N–H and O–H groups in total. The molecule has 3 heterocycles. The van der Waals surface area contributed by atoms with E-state index in [1.165, 1.54) is 0 Å². The van der Waals surface area contributed by atoms with E-state index in [-0.39, 0.29) is 11.8 Å². The van der Waals surface area contributed by atoms with Crippen molar-refractivity contribution in [3.63, 3.8) is 0 Å². The Labute approximate surface area is 135 Å². The first kappa shape index (κ1) is 15.6. The largest absolute Gasteiger partial charge is 0.356 e. The fraction of sp³-hybridized carbons (Fsp3) is 0.529. The summed E-state index contributed by atoms with van der Waals surface area (Å²) in [6.45, 7) is 7.23. The van der Waals surface area contributed by atoms with Crippen LogP contribution in [0.25, 0.3) is 11.3 Å². The average Bonchev–Trinajstić information content (AvgIpc) is 3.00. The Morgan fingerprint density at radius 3 is 2.96 bits per heavy atom. The monoisotopic (exact) mass is 314 g/mol. The van der Waals surface area contributed by atoms with Crippen LogP contribution < -0.4 is 0 Å². The molecule has 122 valence electrons. The molecule has 23 heavy (non-hydrogen) atoms. The van der Waals surface area contributed by atoms with Crippen molar-refractivity contribution < 1.29 is 9.32 Å². The Kier molecular flexibility index (Phi) is 4.41. The number of hydrogen-bond donors (Lipinski definition) is 0. The standard InChI is InChI=1S/C17H22N4O2/c1-4-16(22)21-7-5-6-13(10-21)17-14(9-18-12(3)19-17)15-8-11(2)20-23-15/h8-9,13H,4-7,10H2,1-3H3. The van der Waals surface area contributed by atoms with Gasteiger partial charge in [-0.15, -0.1) is 0 Å². The van der Waals surface area contributed by atoms with Crippen LogP contribution >= 0.6 is 0 Å². The highest BCUT2D eigenvalue weighted by molar-refractivity contribution is 5.76. The maximum atomic E-state index is 12.0. The molecule has 1 unspecified atom stereocenters. The van der Waals surface area contributed by atoms with Gasteiger partial charge in [-0.3, -0.25) is 4.79 Å². The van der Waals surface area contributed by atoms with E-state index in [9.17, 15) is 4.79 Å². The summed E-state index contributed by atoms with van der Waals surface area (Å²) in [7, 11) is 0. The van der Waals surface area contributed by atoms with Gasteiger partial charge in [0.05, 0.1) is 17.0 Å². The molecule has 1 saturated heterocycles. The third-order valence-electron chi connectivity index (χ3n) is 4.30. The normalized spacial score (nSPS) is 18.2. The average molecular weight is 314 g/mol. The second-order valence-electron chi connectivity index (χ2n) is 6.08. The molecule has 0 aromatic carbocycles. The van der Waals surface area contributed by atoms with E-state index >= 15 is 0 Å². The van der Waals surface area contributed by atoms with Gasteiger partial charge in [-0.25, -0.2) is 9.97 Å². The minimum Gasteiger partial charge on any atom is -0.356 e. The molecule has 1 aliphatic rings. The summed E-state index contributed by atoms with van der Waals surface area (Å²) in [5.41, 5.74) is 2.67. The number of nitrogens with zero attached hydrogens (tertiary/aromatic N) is 4. The molecule has 1 fully saturated rings. The van der Waals surface area contributed by atoms with Crippen molar-refractivity contribution in [1.29, 1.82) is 0 Å². The number of carbonyl (C=O) groups is 1. The zero-order valence-corrected chi connectivity index (χ0v) is 13.9.